The van der Waals surface area contributed by atoms with Crippen LogP contribution >= 0.6 is 15.9 Å². The molecular weight excluding hydrogens is 329 g/mol. The predicted molar refractivity (Wildman–Crippen MR) is 76.9 cm³/mol. The SMILES string of the molecule is Cc1ccc(Oc2ccc(F)cc2[N+](=O)[O-])c(CBr)c1. The van der Waals surface area contributed by atoms with Crippen LogP contribution in [0.3, 0.4) is 0 Å². The molecule has 0 atom stereocenters. The molecule has 0 bridgehead atoms. The van der Waals surface area contributed by atoms with E-state index in [-0.39, 0.29) is 5.75 Å². The molecule has 0 N–H and O–H groups in total. The van der Waals surface area contributed by atoms with Gasteiger partial charge < -0.3 is 4.74 Å². The Kier molecular flexibility index (Phi) is 4.34. The first kappa shape index (κ1) is 14.5. The van der Waals surface area contributed by atoms with Crippen LogP contribution in [0.2, 0.25) is 0 Å². The van der Waals surface area contributed by atoms with E-state index in [4.69, 9.17) is 4.74 Å². The first-order chi connectivity index (χ1) is 9.51. The standard InChI is InChI=1S/C14H11BrFNO3/c1-9-2-4-13(10(6-9)8-15)20-14-5-3-11(16)7-12(14)17(18)19/h2-7H,8H2,1H3. The fourth-order valence-corrected chi connectivity index (χ4v) is 2.19. The first-order valence-corrected chi connectivity index (χ1v) is 6.90. The van der Waals surface area contributed by atoms with E-state index in [0.29, 0.717) is 11.1 Å². The maximum atomic E-state index is 13.1. The number of alkyl halides is 1. The van der Waals surface area contributed by atoms with Crippen molar-refractivity contribution in [2.75, 3.05) is 0 Å². The smallest absolute Gasteiger partial charge is 0.314 e. The molecule has 2 aromatic carbocycles. The largest absolute Gasteiger partial charge is 0.450 e. The molecule has 0 spiro atoms. The third-order valence-electron chi connectivity index (χ3n) is 2.70. The molecule has 6 heteroatoms. The lowest BCUT2D eigenvalue weighted by atomic mass is 10.1. The van der Waals surface area contributed by atoms with Crippen LogP contribution in [-0.2, 0) is 5.33 Å². The van der Waals surface area contributed by atoms with Gasteiger partial charge >= 0.3 is 5.69 Å². The number of hydrogen-bond acceptors (Lipinski definition) is 3. The van der Waals surface area contributed by atoms with Gasteiger partial charge in [0.05, 0.1) is 11.0 Å². The average Bonchev–Trinajstić information content (AvgIpc) is 2.42. The minimum atomic E-state index is -0.673. The molecule has 0 aliphatic carbocycles. The molecule has 2 rings (SSSR count). The van der Waals surface area contributed by atoms with Crippen LogP contribution in [0.4, 0.5) is 10.1 Å². The van der Waals surface area contributed by atoms with Gasteiger partial charge in [-0.1, -0.05) is 33.6 Å². The Balaban J connectivity index is 2.42. The van der Waals surface area contributed by atoms with Crippen molar-refractivity contribution in [3.8, 4) is 11.5 Å². The van der Waals surface area contributed by atoms with Crippen LogP contribution in [0.1, 0.15) is 11.1 Å². The van der Waals surface area contributed by atoms with Crippen LogP contribution in [0.15, 0.2) is 36.4 Å². The molecule has 0 unspecified atom stereocenters. The molecule has 104 valence electrons. The summed E-state index contributed by atoms with van der Waals surface area (Å²) in [4.78, 5) is 10.3. The zero-order valence-corrected chi connectivity index (χ0v) is 12.2. The molecule has 0 radical (unpaired) electrons. The van der Waals surface area contributed by atoms with Gasteiger partial charge in [0.25, 0.3) is 0 Å². The van der Waals surface area contributed by atoms with E-state index in [9.17, 15) is 14.5 Å². The minimum Gasteiger partial charge on any atom is -0.450 e. The fourth-order valence-electron chi connectivity index (χ4n) is 1.75. The molecule has 4 nitrogen and oxygen atoms in total. The highest BCUT2D eigenvalue weighted by molar-refractivity contribution is 9.08. The van der Waals surface area contributed by atoms with E-state index < -0.39 is 16.4 Å². The topological polar surface area (TPSA) is 52.4 Å². The number of nitro groups is 1. The average molecular weight is 340 g/mol. The monoisotopic (exact) mass is 339 g/mol. The molecule has 2 aromatic rings. The maximum absolute atomic E-state index is 13.1. The fraction of sp³-hybridized carbons (Fsp3) is 0.143. The van der Waals surface area contributed by atoms with Crippen molar-refractivity contribution < 1.29 is 14.1 Å². The Morgan fingerprint density at radius 3 is 2.60 bits per heavy atom. The Labute approximate surface area is 123 Å². The highest BCUT2D eigenvalue weighted by Crippen LogP contribution is 2.34. The summed E-state index contributed by atoms with van der Waals surface area (Å²) in [6.07, 6.45) is 0. The molecule has 0 heterocycles. The van der Waals surface area contributed by atoms with E-state index in [1.807, 2.05) is 19.1 Å². The highest BCUT2D eigenvalue weighted by Gasteiger charge is 2.18. The summed E-state index contributed by atoms with van der Waals surface area (Å²) in [5, 5.41) is 11.5. The second-order valence-corrected chi connectivity index (χ2v) is 4.78. The van der Waals surface area contributed by atoms with E-state index in [2.05, 4.69) is 15.9 Å². The van der Waals surface area contributed by atoms with Crippen molar-refractivity contribution in [3.63, 3.8) is 0 Å². The van der Waals surface area contributed by atoms with E-state index in [0.717, 1.165) is 23.3 Å². The summed E-state index contributed by atoms with van der Waals surface area (Å²) in [5.74, 6) is -0.154. The van der Waals surface area contributed by atoms with Crippen molar-refractivity contribution in [3.05, 3.63) is 63.5 Å². The predicted octanol–water partition coefficient (Wildman–Crippen LogP) is 4.73. The van der Waals surface area contributed by atoms with Crippen molar-refractivity contribution in [2.45, 2.75) is 12.3 Å². The lowest BCUT2D eigenvalue weighted by Gasteiger charge is -2.10. The van der Waals surface area contributed by atoms with Crippen LogP contribution in [0, 0.1) is 22.9 Å². The molecular formula is C14H11BrFNO3. The second-order valence-electron chi connectivity index (χ2n) is 4.22. The summed E-state index contributed by atoms with van der Waals surface area (Å²) >= 11 is 3.34. The van der Waals surface area contributed by atoms with Gasteiger partial charge in [-0.3, -0.25) is 10.1 Å². The van der Waals surface area contributed by atoms with Crippen molar-refractivity contribution in [1.82, 2.24) is 0 Å². The van der Waals surface area contributed by atoms with Crippen LogP contribution in [-0.4, -0.2) is 4.92 Å². The highest BCUT2D eigenvalue weighted by atomic mass is 79.9. The summed E-state index contributed by atoms with van der Waals surface area (Å²) in [6, 6.07) is 8.72. The summed E-state index contributed by atoms with van der Waals surface area (Å²) in [5.41, 5.74) is 1.52. The van der Waals surface area contributed by atoms with Crippen LogP contribution in [0.25, 0.3) is 0 Å². The lowest BCUT2D eigenvalue weighted by Crippen LogP contribution is -1.96. The van der Waals surface area contributed by atoms with E-state index >= 15 is 0 Å². The Hall–Kier alpha value is -1.95. The third kappa shape index (κ3) is 3.14. The van der Waals surface area contributed by atoms with Crippen molar-refractivity contribution >= 4 is 21.6 Å². The van der Waals surface area contributed by atoms with Gasteiger partial charge in [0.1, 0.15) is 11.6 Å². The molecule has 0 fully saturated rings. The third-order valence-corrected chi connectivity index (χ3v) is 3.30. The maximum Gasteiger partial charge on any atom is 0.314 e. The first-order valence-electron chi connectivity index (χ1n) is 5.78. The summed E-state index contributed by atoms with van der Waals surface area (Å²) in [6.45, 7) is 1.94. The number of ether oxygens (including phenoxy) is 1. The molecule has 0 amide bonds. The number of hydrogen-bond donors (Lipinski definition) is 0. The van der Waals surface area contributed by atoms with Gasteiger partial charge in [0.2, 0.25) is 5.75 Å². The molecule has 0 aliphatic heterocycles. The van der Waals surface area contributed by atoms with Crippen LogP contribution in [0.5, 0.6) is 11.5 Å². The van der Waals surface area contributed by atoms with E-state index in [1.54, 1.807) is 6.07 Å². The molecule has 20 heavy (non-hydrogen) atoms. The Bertz CT molecular complexity index is 661. The van der Waals surface area contributed by atoms with Gasteiger partial charge in [-0.05, 0) is 25.1 Å². The van der Waals surface area contributed by atoms with Crippen molar-refractivity contribution in [2.24, 2.45) is 0 Å². The van der Waals surface area contributed by atoms with Crippen molar-refractivity contribution in [1.29, 1.82) is 0 Å². The number of halogens is 2. The molecule has 0 saturated carbocycles. The van der Waals surface area contributed by atoms with Gasteiger partial charge in [0.15, 0.2) is 0 Å². The number of nitrogens with zero attached hydrogens (tertiary/aromatic N) is 1. The molecule has 0 aliphatic rings. The number of nitro benzene ring substituents is 1. The molecule has 0 saturated heterocycles. The number of benzene rings is 2. The second kappa shape index (κ2) is 6.00. The normalized spacial score (nSPS) is 10.3. The Morgan fingerprint density at radius 1 is 1.25 bits per heavy atom. The summed E-state index contributed by atoms with van der Waals surface area (Å²) in [7, 11) is 0. The van der Waals surface area contributed by atoms with Gasteiger partial charge in [-0.2, -0.15) is 0 Å². The van der Waals surface area contributed by atoms with Gasteiger partial charge in [-0.15, -0.1) is 0 Å². The Morgan fingerprint density at radius 2 is 1.95 bits per heavy atom. The van der Waals surface area contributed by atoms with Crippen LogP contribution < -0.4 is 4.74 Å². The van der Waals surface area contributed by atoms with Gasteiger partial charge in [0, 0.05) is 10.9 Å². The number of aryl methyl sites for hydroxylation is 1. The quantitative estimate of drug-likeness (QED) is 0.459. The van der Waals surface area contributed by atoms with E-state index in [1.165, 1.54) is 6.07 Å². The minimum absolute atomic E-state index is 0.0162. The lowest BCUT2D eigenvalue weighted by molar-refractivity contribution is -0.385. The summed E-state index contributed by atoms with van der Waals surface area (Å²) < 4.78 is 18.6. The number of rotatable bonds is 4. The zero-order valence-electron chi connectivity index (χ0n) is 10.6. The zero-order chi connectivity index (χ0) is 14.7. The molecule has 0 aromatic heterocycles. The van der Waals surface area contributed by atoms with Gasteiger partial charge in [-0.25, -0.2) is 4.39 Å².